The number of ether oxygens (including phenoxy) is 1. The molecule has 4 heteroatoms. The Labute approximate surface area is 94.4 Å². The van der Waals surface area contributed by atoms with Gasteiger partial charge in [-0.25, -0.2) is 0 Å². The van der Waals surface area contributed by atoms with Gasteiger partial charge in [0, 0.05) is 6.07 Å². The van der Waals surface area contributed by atoms with Crippen LogP contribution in [0.15, 0.2) is 24.3 Å². The lowest BCUT2D eigenvalue weighted by atomic mass is 10.1. The molecule has 1 heterocycles. The first kappa shape index (κ1) is 10.5. The number of nitrogen functional groups attached to an aromatic ring is 1. The standard InChI is InChI=1S/C12H15N3O/c1-8-3-4-11(9(2)5-8)16-7-10-6-12(13)15-14-10/h3-6H,7H2,1-2H3,(H3,13,14,15). The van der Waals surface area contributed by atoms with Crippen LogP contribution in [0.4, 0.5) is 5.82 Å². The van der Waals surface area contributed by atoms with Crippen LogP contribution in [-0.2, 0) is 6.61 Å². The smallest absolute Gasteiger partial charge is 0.145 e. The third-order valence-corrected chi connectivity index (χ3v) is 2.36. The molecule has 4 nitrogen and oxygen atoms in total. The summed E-state index contributed by atoms with van der Waals surface area (Å²) in [6, 6.07) is 7.87. The highest BCUT2D eigenvalue weighted by Crippen LogP contribution is 2.19. The molecule has 0 aliphatic carbocycles. The quantitative estimate of drug-likeness (QED) is 0.828. The third-order valence-electron chi connectivity index (χ3n) is 2.36. The van der Waals surface area contributed by atoms with E-state index in [4.69, 9.17) is 10.5 Å². The van der Waals surface area contributed by atoms with Gasteiger partial charge in [0.15, 0.2) is 0 Å². The van der Waals surface area contributed by atoms with Gasteiger partial charge in [-0.05, 0) is 25.5 Å². The highest BCUT2D eigenvalue weighted by Gasteiger charge is 2.02. The van der Waals surface area contributed by atoms with Gasteiger partial charge in [0.1, 0.15) is 18.2 Å². The minimum absolute atomic E-state index is 0.452. The summed E-state index contributed by atoms with van der Waals surface area (Å²) < 4.78 is 5.66. The topological polar surface area (TPSA) is 63.9 Å². The maximum atomic E-state index is 5.66. The maximum Gasteiger partial charge on any atom is 0.145 e. The molecular weight excluding hydrogens is 202 g/mol. The molecule has 0 unspecified atom stereocenters. The van der Waals surface area contributed by atoms with Crippen molar-refractivity contribution in [3.05, 3.63) is 41.1 Å². The average molecular weight is 217 g/mol. The van der Waals surface area contributed by atoms with E-state index < -0.39 is 0 Å². The number of anilines is 1. The van der Waals surface area contributed by atoms with E-state index in [1.165, 1.54) is 5.56 Å². The fourth-order valence-electron chi connectivity index (χ4n) is 1.57. The van der Waals surface area contributed by atoms with Gasteiger partial charge in [-0.3, -0.25) is 5.10 Å². The van der Waals surface area contributed by atoms with Crippen molar-refractivity contribution in [2.24, 2.45) is 0 Å². The summed E-state index contributed by atoms with van der Waals surface area (Å²) in [6.07, 6.45) is 0. The zero-order valence-corrected chi connectivity index (χ0v) is 9.45. The van der Waals surface area contributed by atoms with Crippen LogP contribution in [0.5, 0.6) is 5.75 Å². The Kier molecular flexibility index (Phi) is 2.81. The number of hydrogen-bond acceptors (Lipinski definition) is 3. The van der Waals surface area contributed by atoms with Crippen LogP contribution < -0.4 is 10.5 Å². The van der Waals surface area contributed by atoms with Crippen LogP contribution in [0.1, 0.15) is 16.8 Å². The largest absolute Gasteiger partial charge is 0.487 e. The number of H-pyrrole nitrogens is 1. The number of aromatic nitrogens is 2. The van der Waals surface area contributed by atoms with Gasteiger partial charge < -0.3 is 10.5 Å². The van der Waals surface area contributed by atoms with Gasteiger partial charge in [0.25, 0.3) is 0 Å². The van der Waals surface area contributed by atoms with Crippen molar-refractivity contribution in [3.63, 3.8) is 0 Å². The van der Waals surface area contributed by atoms with E-state index in [1.54, 1.807) is 6.07 Å². The van der Waals surface area contributed by atoms with E-state index >= 15 is 0 Å². The normalized spacial score (nSPS) is 10.4. The maximum absolute atomic E-state index is 5.66. The Balaban J connectivity index is 2.04. The van der Waals surface area contributed by atoms with E-state index in [0.29, 0.717) is 12.4 Å². The predicted molar refractivity (Wildman–Crippen MR) is 63.2 cm³/mol. The number of nitrogens with two attached hydrogens (primary N) is 1. The second-order valence-electron chi connectivity index (χ2n) is 3.88. The van der Waals surface area contributed by atoms with E-state index in [2.05, 4.69) is 23.2 Å². The van der Waals surface area contributed by atoms with E-state index in [-0.39, 0.29) is 0 Å². The lowest BCUT2D eigenvalue weighted by molar-refractivity contribution is 0.299. The molecule has 0 fully saturated rings. The minimum atomic E-state index is 0.452. The fourth-order valence-corrected chi connectivity index (χ4v) is 1.57. The summed E-state index contributed by atoms with van der Waals surface area (Å²) in [6.45, 7) is 4.55. The number of aromatic amines is 1. The van der Waals surface area contributed by atoms with Gasteiger partial charge in [-0.2, -0.15) is 5.10 Å². The van der Waals surface area contributed by atoms with Gasteiger partial charge >= 0.3 is 0 Å². The van der Waals surface area contributed by atoms with Crippen LogP contribution in [0.25, 0.3) is 0 Å². The molecular formula is C12H15N3O. The fraction of sp³-hybridized carbons (Fsp3) is 0.250. The number of hydrogen-bond donors (Lipinski definition) is 2. The summed E-state index contributed by atoms with van der Waals surface area (Å²) in [5, 5.41) is 6.64. The van der Waals surface area contributed by atoms with E-state index in [0.717, 1.165) is 17.0 Å². The summed E-state index contributed by atoms with van der Waals surface area (Å²) in [5.41, 5.74) is 8.74. The molecule has 0 spiro atoms. The van der Waals surface area contributed by atoms with Crippen molar-refractivity contribution < 1.29 is 4.74 Å². The number of rotatable bonds is 3. The Hall–Kier alpha value is -1.97. The zero-order valence-electron chi connectivity index (χ0n) is 9.45. The third kappa shape index (κ3) is 2.34. The minimum Gasteiger partial charge on any atom is -0.487 e. The van der Waals surface area contributed by atoms with Crippen molar-refractivity contribution in [2.45, 2.75) is 20.5 Å². The van der Waals surface area contributed by atoms with Gasteiger partial charge in [0.05, 0.1) is 5.69 Å². The molecule has 2 rings (SSSR count). The molecule has 0 aliphatic heterocycles. The molecule has 0 bridgehead atoms. The van der Waals surface area contributed by atoms with Gasteiger partial charge in [-0.15, -0.1) is 0 Å². The zero-order chi connectivity index (χ0) is 11.5. The van der Waals surface area contributed by atoms with Crippen LogP contribution in [-0.4, -0.2) is 10.2 Å². The molecule has 2 aromatic rings. The molecule has 0 saturated heterocycles. The van der Waals surface area contributed by atoms with Gasteiger partial charge in [-0.1, -0.05) is 17.7 Å². The Bertz CT molecular complexity index is 491. The Morgan fingerprint density at radius 1 is 1.31 bits per heavy atom. The molecule has 0 aliphatic rings. The summed E-state index contributed by atoms with van der Waals surface area (Å²) in [4.78, 5) is 0. The summed E-state index contributed by atoms with van der Waals surface area (Å²) >= 11 is 0. The molecule has 0 atom stereocenters. The predicted octanol–water partition coefficient (Wildman–Crippen LogP) is 2.19. The first-order chi connectivity index (χ1) is 7.65. The van der Waals surface area contributed by atoms with Crippen LogP contribution >= 0.6 is 0 Å². The van der Waals surface area contributed by atoms with Gasteiger partial charge in [0.2, 0.25) is 0 Å². The lowest BCUT2D eigenvalue weighted by Crippen LogP contribution is -1.97. The number of benzene rings is 1. The molecule has 0 saturated carbocycles. The summed E-state index contributed by atoms with van der Waals surface area (Å²) in [5.74, 6) is 1.37. The highest BCUT2D eigenvalue weighted by atomic mass is 16.5. The van der Waals surface area contributed by atoms with Crippen molar-refractivity contribution in [3.8, 4) is 5.75 Å². The molecule has 1 aromatic heterocycles. The Morgan fingerprint density at radius 2 is 2.12 bits per heavy atom. The lowest BCUT2D eigenvalue weighted by Gasteiger charge is -2.08. The SMILES string of the molecule is Cc1ccc(OCc2cc(N)n[nH]2)c(C)c1. The monoisotopic (exact) mass is 217 g/mol. The first-order valence-electron chi connectivity index (χ1n) is 5.15. The van der Waals surface area contributed by atoms with Crippen molar-refractivity contribution in [1.29, 1.82) is 0 Å². The second-order valence-corrected chi connectivity index (χ2v) is 3.88. The Morgan fingerprint density at radius 3 is 2.75 bits per heavy atom. The molecule has 3 N–H and O–H groups in total. The summed E-state index contributed by atoms with van der Waals surface area (Å²) in [7, 11) is 0. The van der Waals surface area contributed by atoms with E-state index in [9.17, 15) is 0 Å². The van der Waals surface area contributed by atoms with Crippen LogP contribution in [0, 0.1) is 13.8 Å². The number of nitrogens with one attached hydrogen (secondary N) is 1. The van der Waals surface area contributed by atoms with Crippen molar-refractivity contribution in [1.82, 2.24) is 10.2 Å². The molecule has 1 aromatic carbocycles. The molecule has 0 amide bonds. The average Bonchev–Trinajstić information content (AvgIpc) is 2.63. The van der Waals surface area contributed by atoms with Crippen molar-refractivity contribution >= 4 is 5.82 Å². The first-order valence-corrected chi connectivity index (χ1v) is 5.15. The molecule has 0 radical (unpaired) electrons. The van der Waals surface area contributed by atoms with Crippen LogP contribution in [0.3, 0.4) is 0 Å². The van der Waals surface area contributed by atoms with Crippen LogP contribution in [0.2, 0.25) is 0 Å². The second kappa shape index (κ2) is 4.26. The molecule has 84 valence electrons. The van der Waals surface area contributed by atoms with Crippen molar-refractivity contribution in [2.75, 3.05) is 5.73 Å². The number of aryl methyl sites for hydroxylation is 2. The number of nitrogens with zero attached hydrogens (tertiary/aromatic N) is 1. The van der Waals surface area contributed by atoms with E-state index in [1.807, 2.05) is 19.1 Å². The highest BCUT2D eigenvalue weighted by molar-refractivity contribution is 5.36. The molecule has 16 heavy (non-hydrogen) atoms.